The molecular weight excluding hydrogens is 474 g/mol. The Morgan fingerprint density at radius 3 is 2.37 bits per heavy atom. The summed E-state index contributed by atoms with van der Waals surface area (Å²) in [6.45, 7) is 5.60. The normalized spacial score (nSPS) is 13.7. The molecule has 200 valence electrons. The smallest absolute Gasteiger partial charge is 0.274 e. The zero-order valence-corrected chi connectivity index (χ0v) is 22.9. The maximum atomic E-state index is 13.3. The topological polar surface area (TPSA) is 95.1 Å². The number of amides is 1. The predicted molar refractivity (Wildman–Crippen MR) is 155 cm³/mol. The third-order valence-corrected chi connectivity index (χ3v) is 7.50. The summed E-state index contributed by atoms with van der Waals surface area (Å²) in [5.41, 5.74) is 9.08. The highest BCUT2D eigenvalue weighted by Gasteiger charge is 2.27. The highest BCUT2D eigenvalue weighted by atomic mass is 16.1. The van der Waals surface area contributed by atoms with Gasteiger partial charge in [-0.15, -0.1) is 0 Å². The fourth-order valence-electron chi connectivity index (χ4n) is 4.99. The molecule has 1 fully saturated rings. The number of aldehydes is 1. The van der Waals surface area contributed by atoms with Crippen LogP contribution in [0.2, 0.25) is 0 Å². The molecule has 1 aromatic heterocycles. The molecule has 0 unspecified atom stereocenters. The molecule has 7 heteroatoms. The van der Waals surface area contributed by atoms with Crippen LogP contribution in [0.3, 0.4) is 0 Å². The van der Waals surface area contributed by atoms with Crippen molar-refractivity contribution in [3.63, 3.8) is 0 Å². The minimum absolute atomic E-state index is 0.198. The van der Waals surface area contributed by atoms with Crippen LogP contribution in [0, 0.1) is 13.8 Å². The van der Waals surface area contributed by atoms with Gasteiger partial charge in [0.2, 0.25) is 0 Å². The number of likely N-dealkylation sites (N-methyl/N-ethyl adjacent to an activating group) is 1. The Hall–Kier alpha value is -3.55. The van der Waals surface area contributed by atoms with Crippen molar-refractivity contribution < 1.29 is 9.59 Å². The van der Waals surface area contributed by atoms with Crippen molar-refractivity contribution in [1.29, 1.82) is 0 Å². The van der Waals surface area contributed by atoms with Gasteiger partial charge in [0.1, 0.15) is 12.0 Å². The molecule has 4 rings (SSSR count). The van der Waals surface area contributed by atoms with E-state index >= 15 is 0 Å². The molecule has 7 nitrogen and oxygen atoms in total. The molecule has 0 spiro atoms. The molecule has 0 bridgehead atoms. The fourth-order valence-corrected chi connectivity index (χ4v) is 4.99. The number of pyridine rings is 1. The molecule has 4 N–H and O–H groups in total. The van der Waals surface area contributed by atoms with Crippen molar-refractivity contribution in [3.8, 4) is 11.1 Å². The number of rotatable bonds is 13. The zero-order valence-electron chi connectivity index (χ0n) is 22.9. The first-order chi connectivity index (χ1) is 18.5. The minimum Gasteiger partial charge on any atom is -0.388 e. The number of hydrogen-bond donors (Lipinski definition) is 4. The summed E-state index contributed by atoms with van der Waals surface area (Å²) < 4.78 is 0. The summed E-state index contributed by atoms with van der Waals surface area (Å²) in [4.78, 5) is 28.5. The highest BCUT2D eigenvalue weighted by Crippen LogP contribution is 2.42. The van der Waals surface area contributed by atoms with Gasteiger partial charge in [-0.05, 0) is 97.7 Å². The third-order valence-electron chi connectivity index (χ3n) is 7.50. The van der Waals surface area contributed by atoms with E-state index in [9.17, 15) is 9.59 Å². The van der Waals surface area contributed by atoms with Crippen LogP contribution in [-0.4, -0.2) is 43.9 Å². The van der Waals surface area contributed by atoms with E-state index < -0.39 is 0 Å². The van der Waals surface area contributed by atoms with Crippen LogP contribution in [0.1, 0.15) is 64.3 Å². The summed E-state index contributed by atoms with van der Waals surface area (Å²) in [6.07, 6.45) is 6.44. The van der Waals surface area contributed by atoms with Gasteiger partial charge in [-0.25, -0.2) is 0 Å². The first kappa shape index (κ1) is 27.5. The molecular formula is C31H39N5O2. The van der Waals surface area contributed by atoms with Crippen LogP contribution in [0.25, 0.3) is 11.1 Å². The van der Waals surface area contributed by atoms with E-state index in [-0.39, 0.29) is 11.9 Å². The quantitative estimate of drug-likeness (QED) is 0.235. The maximum Gasteiger partial charge on any atom is 0.274 e. The second-order valence-electron chi connectivity index (χ2n) is 10.1. The fraction of sp³-hybridized carbons (Fsp3) is 0.387. The summed E-state index contributed by atoms with van der Waals surface area (Å²) in [5, 5.41) is 13.1. The van der Waals surface area contributed by atoms with Gasteiger partial charge >= 0.3 is 0 Å². The Morgan fingerprint density at radius 1 is 1.05 bits per heavy atom. The van der Waals surface area contributed by atoms with Gasteiger partial charge in [0.05, 0.1) is 0 Å². The molecule has 0 saturated heterocycles. The lowest BCUT2D eigenvalue weighted by Gasteiger charge is -2.17. The molecule has 1 aliphatic rings. The number of benzene rings is 2. The van der Waals surface area contributed by atoms with E-state index in [4.69, 9.17) is 0 Å². The lowest BCUT2D eigenvalue weighted by Crippen LogP contribution is -2.36. The van der Waals surface area contributed by atoms with Crippen molar-refractivity contribution in [1.82, 2.24) is 15.6 Å². The average Bonchev–Trinajstić information content (AvgIpc) is 3.78. The second kappa shape index (κ2) is 12.8. The van der Waals surface area contributed by atoms with Crippen molar-refractivity contribution >= 4 is 23.6 Å². The number of hydrogen-bond acceptors (Lipinski definition) is 6. The van der Waals surface area contributed by atoms with Gasteiger partial charge in [-0.1, -0.05) is 24.3 Å². The van der Waals surface area contributed by atoms with E-state index in [2.05, 4.69) is 51.4 Å². The monoisotopic (exact) mass is 513 g/mol. The summed E-state index contributed by atoms with van der Waals surface area (Å²) in [5.74, 6) is 0.292. The molecule has 1 amide bonds. The lowest BCUT2D eigenvalue weighted by molar-refractivity contribution is -0.108. The van der Waals surface area contributed by atoms with Crippen LogP contribution in [0.15, 0.2) is 48.7 Å². The second-order valence-corrected chi connectivity index (χ2v) is 10.1. The summed E-state index contributed by atoms with van der Waals surface area (Å²) in [7, 11) is 3.84. The Balaban J connectivity index is 1.49. The van der Waals surface area contributed by atoms with E-state index in [0.717, 1.165) is 65.7 Å². The number of aromatic nitrogens is 1. The van der Waals surface area contributed by atoms with Gasteiger partial charge in [-0.3, -0.25) is 9.78 Å². The van der Waals surface area contributed by atoms with Crippen LogP contribution >= 0.6 is 0 Å². The molecule has 1 atom stereocenters. The van der Waals surface area contributed by atoms with Crippen LogP contribution in [0.4, 0.5) is 11.4 Å². The average molecular weight is 514 g/mol. The van der Waals surface area contributed by atoms with Crippen molar-refractivity contribution in [2.45, 2.75) is 58.0 Å². The Morgan fingerprint density at radius 2 is 1.74 bits per heavy atom. The molecule has 2 aromatic carbocycles. The zero-order chi connectivity index (χ0) is 27.1. The highest BCUT2D eigenvalue weighted by molar-refractivity contribution is 6.04. The van der Waals surface area contributed by atoms with E-state index in [1.54, 1.807) is 0 Å². The number of nitrogens with one attached hydrogen (secondary N) is 4. The molecule has 0 radical (unpaired) electrons. The number of carbonyl (C=O) groups is 2. The van der Waals surface area contributed by atoms with E-state index in [0.29, 0.717) is 24.6 Å². The third kappa shape index (κ3) is 6.47. The Bertz CT molecular complexity index is 1290. The first-order valence-electron chi connectivity index (χ1n) is 13.5. The lowest BCUT2D eigenvalue weighted by atomic mass is 9.94. The SMILES string of the molecule is CNc1cccc(-c2cccc(NC(=O)c3cc(C4CC4)c(CNC[C@H](CCC=O)NC)cn3)c2C)c1C. The summed E-state index contributed by atoms with van der Waals surface area (Å²) >= 11 is 0. The van der Waals surface area contributed by atoms with Crippen LogP contribution < -0.4 is 21.3 Å². The van der Waals surface area contributed by atoms with Crippen molar-refractivity contribution in [2.24, 2.45) is 0 Å². The summed E-state index contributed by atoms with van der Waals surface area (Å²) in [6, 6.07) is 14.4. The predicted octanol–water partition coefficient (Wildman–Crippen LogP) is 5.19. The van der Waals surface area contributed by atoms with Crippen molar-refractivity contribution in [2.75, 3.05) is 31.3 Å². The van der Waals surface area contributed by atoms with Crippen molar-refractivity contribution in [3.05, 3.63) is 76.6 Å². The largest absolute Gasteiger partial charge is 0.388 e. The molecule has 1 saturated carbocycles. The van der Waals surface area contributed by atoms with Gasteiger partial charge < -0.3 is 26.1 Å². The molecule has 0 aliphatic heterocycles. The Labute approximate surface area is 225 Å². The van der Waals surface area contributed by atoms with E-state index in [1.807, 2.05) is 51.5 Å². The van der Waals surface area contributed by atoms with Crippen LogP contribution in [0.5, 0.6) is 0 Å². The molecule has 1 aliphatic carbocycles. The van der Waals surface area contributed by atoms with E-state index in [1.165, 1.54) is 11.1 Å². The number of anilines is 2. The molecule has 3 aromatic rings. The Kier molecular flexibility index (Phi) is 9.26. The van der Waals surface area contributed by atoms with Gasteiger partial charge in [0.15, 0.2) is 0 Å². The molecule has 38 heavy (non-hydrogen) atoms. The first-order valence-corrected chi connectivity index (χ1v) is 13.5. The molecule has 1 heterocycles. The minimum atomic E-state index is -0.198. The van der Waals surface area contributed by atoms with Gasteiger partial charge in [-0.2, -0.15) is 0 Å². The maximum absolute atomic E-state index is 13.3. The number of carbonyl (C=O) groups excluding carboxylic acids is 2. The number of nitrogens with zero attached hydrogens (tertiary/aromatic N) is 1. The van der Waals surface area contributed by atoms with Gasteiger partial charge in [0, 0.05) is 50.2 Å². The van der Waals surface area contributed by atoms with Gasteiger partial charge in [0.25, 0.3) is 5.91 Å². The van der Waals surface area contributed by atoms with Crippen LogP contribution in [-0.2, 0) is 11.3 Å². The standard InChI is InChI=1S/C31H39N5O2/c1-20-25(9-5-11-28(20)33-4)26-10-6-12-29(21(26)2)36-31(38)30-16-27(22-13-14-22)23(18-35-30)17-34-19-24(32-3)8-7-15-37/h5-6,9-12,15-16,18,22,24,32-34H,7-8,13-14,17,19H2,1-4H3,(H,36,38)/t24-/m0/s1.